The average Bonchev–Trinajstić information content (AvgIpc) is 3.12. The van der Waals surface area contributed by atoms with Crippen LogP contribution < -0.4 is 10.2 Å². The van der Waals surface area contributed by atoms with E-state index in [9.17, 15) is 4.79 Å². The SMILES string of the molecule is CC(C)c1ccc(CC(=O)NC2CN(c3ccc(C#N)nn3)CC2N(C)C)cc1. The summed E-state index contributed by atoms with van der Waals surface area (Å²) < 4.78 is 0. The molecule has 1 aromatic heterocycles. The summed E-state index contributed by atoms with van der Waals surface area (Å²) in [6, 6.07) is 13.9. The normalized spacial score (nSPS) is 18.9. The van der Waals surface area contributed by atoms with Crippen molar-refractivity contribution in [1.82, 2.24) is 20.4 Å². The monoisotopic (exact) mass is 392 g/mol. The summed E-state index contributed by atoms with van der Waals surface area (Å²) >= 11 is 0. The van der Waals surface area contributed by atoms with Crippen molar-refractivity contribution in [3.05, 3.63) is 53.2 Å². The Bertz CT molecular complexity index is 870. The molecule has 7 heteroatoms. The van der Waals surface area contributed by atoms with Crippen LogP contribution in [0.1, 0.15) is 36.6 Å². The Morgan fingerprint density at radius 2 is 1.93 bits per heavy atom. The number of nitrogens with one attached hydrogen (secondary N) is 1. The van der Waals surface area contributed by atoms with Gasteiger partial charge in [0.15, 0.2) is 11.5 Å². The van der Waals surface area contributed by atoms with Crippen LogP contribution in [0.4, 0.5) is 5.82 Å². The van der Waals surface area contributed by atoms with Gasteiger partial charge in [0.05, 0.1) is 12.5 Å². The number of likely N-dealkylation sites (N-methyl/N-ethyl adjacent to an activating group) is 1. The minimum absolute atomic E-state index is 0.00937. The maximum Gasteiger partial charge on any atom is 0.224 e. The fourth-order valence-electron chi connectivity index (χ4n) is 3.66. The van der Waals surface area contributed by atoms with Gasteiger partial charge in [0.25, 0.3) is 0 Å². The molecule has 2 atom stereocenters. The van der Waals surface area contributed by atoms with Gasteiger partial charge in [-0.1, -0.05) is 38.1 Å². The molecule has 1 aliphatic heterocycles. The Balaban J connectivity index is 1.64. The van der Waals surface area contributed by atoms with Gasteiger partial charge in [-0.15, -0.1) is 10.2 Å². The molecule has 29 heavy (non-hydrogen) atoms. The third kappa shape index (κ3) is 5.09. The Morgan fingerprint density at radius 3 is 2.48 bits per heavy atom. The fourth-order valence-corrected chi connectivity index (χ4v) is 3.66. The van der Waals surface area contributed by atoms with Crippen LogP contribution in [0, 0.1) is 11.3 Å². The highest BCUT2D eigenvalue weighted by atomic mass is 16.1. The van der Waals surface area contributed by atoms with Gasteiger partial charge in [-0.25, -0.2) is 0 Å². The Morgan fingerprint density at radius 1 is 1.21 bits per heavy atom. The van der Waals surface area contributed by atoms with Crippen LogP contribution in [0.2, 0.25) is 0 Å². The molecular weight excluding hydrogens is 364 g/mol. The van der Waals surface area contributed by atoms with E-state index in [1.54, 1.807) is 12.1 Å². The van der Waals surface area contributed by atoms with Crippen molar-refractivity contribution in [2.75, 3.05) is 32.1 Å². The number of nitriles is 1. The Kier molecular flexibility index (Phi) is 6.45. The molecule has 1 fully saturated rings. The number of rotatable bonds is 6. The number of carbonyl (C=O) groups is 1. The number of benzene rings is 1. The number of aromatic nitrogens is 2. The zero-order valence-electron chi connectivity index (χ0n) is 17.5. The van der Waals surface area contributed by atoms with Gasteiger partial charge in [-0.05, 0) is 43.3 Å². The lowest BCUT2D eigenvalue weighted by Gasteiger charge is -2.25. The van der Waals surface area contributed by atoms with Crippen LogP contribution in [0.15, 0.2) is 36.4 Å². The van der Waals surface area contributed by atoms with Gasteiger partial charge in [-0.2, -0.15) is 5.26 Å². The molecule has 3 rings (SSSR count). The second-order valence-corrected chi connectivity index (χ2v) is 8.07. The van der Waals surface area contributed by atoms with Crippen LogP contribution in [-0.2, 0) is 11.2 Å². The van der Waals surface area contributed by atoms with Gasteiger partial charge in [0.1, 0.15) is 6.07 Å². The van der Waals surface area contributed by atoms with E-state index in [0.717, 1.165) is 17.9 Å². The van der Waals surface area contributed by atoms with Gasteiger partial charge < -0.3 is 15.1 Å². The van der Waals surface area contributed by atoms with Gasteiger partial charge in [0, 0.05) is 19.1 Å². The molecule has 0 aliphatic carbocycles. The van der Waals surface area contributed by atoms with Gasteiger partial charge in [0.2, 0.25) is 5.91 Å². The highest BCUT2D eigenvalue weighted by Crippen LogP contribution is 2.21. The Hall–Kier alpha value is -2.98. The lowest BCUT2D eigenvalue weighted by molar-refractivity contribution is -0.121. The highest BCUT2D eigenvalue weighted by Gasteiger charge is 2.35. The zero-order valence-corrected chi connectivity index (χ0v) is 17.5. The van der Waals surface area contributed by atoms with Crippen LogP contribution >= 0.6 is 0 Å². The third-order valence-electron chi connectivity index (χ3n) is 5.40. The maximum atomic E-state index is 12.7. The summed E-state index contributed by atoms with van der Waals surface area (Å²) in [4.78, 5) is 16.9. The molecule has 0 saturated carbocycles. The third-order valence-corrected chi connectivity index (χ3v) is 5.40. The standard InChI is InChI=1S/C22H28N6O/c1-15(2)17-7-5-16(6-8-17)11-22(29)24-19-13-28(14-20(19)27(3)4)21-10-9-18(12-23)25-26-21/h5-10,15,19-20H,11,13-14H2,1-4H3,(H,24,29). The summed E-state index contributed by atoms with van der Waals surface area (Å²) in [5.74, 6) is 1.22. The summed E-state index contributed by atoms with van der Waals surface area (Å²) in [7, 11) is 4.03. The molecule has 1 N–H and O–H groups in total. The molecule has 0 spiro atoms. The van der Waals surface area contributed by atoms with E-state index in [1.165, 1.54) is 5.56 Å². The van der Waals surface area contributed by atoms with E-state index in [2.05, 4.69) is 51.3 Å². The molecular formula is C22H28N6O. The van der Waals surface area contributed by atoms with E-state index in [0.29, 0.717) is 24.6 Å². The predicted octanol–water partition coefficient (Wildman–Crippen LogP) is 1.95. The lowest BCUT2D eigenvalue weighted by Crippen LogP contribution is -2.49. The number of nitrogens with zero attached hydrogens (tertiary/aromatic N) is 5. The largest absolute Gasteiger partial charge is 0.351 e. The fraction of sp³-hybridized carbons (Fsp3) is 0.455. The van der Waals surface area contributed by atoms with Crippen molar-refractivity contribution < 1.29 is 4.79 Å². The van der Waals surface area contributed by atoms with E-state index in [4.69, 9.17) is 5.26 Å². The molecule has 0 radical (unpaired) electrons. The second kappa shape index (κ2) is 9.01. The minimum Gasteiger partial charge on any atom is -0.351 e. The summed E-state index contributed by atoms with van der Waals surface area (Å²) in [6.07, 6.45) is 0.367. The topological polar surface area (TPSA) is 85.2 Å². The predicted molar refractivity (Wildman–Crippen MR) is 113 cm³/mol. The summed E-state index contributed by atoms with van der Waals surface area (Å²) in [6.45, 7) is 5.71. The zero-order chi connectivity index (χ0) is 21.0. The van der Waals surface area contributed by atoms with E-state index in [-0.39, 0.29) is 18.0 Å². The van der Waals surface area contributed by atoms with Crippen LogP contribution in [0.5, 0.6) is 0 Å². The number of amides is 1. The molecule has 1 amide bonds. The van der Waals surface area contributed by atoms with Crippen LogP contribution in [0.25, 0.3) is 0 Å². The van der Waals surface area contributed by atoms with Crippen molar-refractivity contribution in [3.8, 4) is 6.07 Å². The number of carbonyl (C=O) groups excluding carboxylic acids is 1. The Labute approximate surface area is 172 Å². The first-order valence-electron chi connectivity index (χ1n) is 9.90. The van der Waals surface area contributed by atoms with Crippen LogP contribution in [-0.4, -0.2) is 60.3 Å². The molecule has 2 unspecified atom stereocenters. The van der Waals surface area contributed by atoms with E-state index in [1.807, 2.05) is 32.3 Å². The average molecular weight is 393 g/mol. The molecule has 152 valence electrons. The van der Waals surface area contributed by atoms with E-state index >= 15 is 0 Å². The quantitative estimate of drug-likeness (QED) is 0.809. The second-order valence-electron chi connectivity index (χ2n) is 8.07. The first-order valence-corrected chi connectivity index (χ1v) is 9.90. The summed E-state index contributed by atoms with van der Waals surface area (Å²) in [5, 5.41) is 20.2. The van der Waals surface area contributed by atoms with Crippen LogP contribution in [0.3, 0.4) is 0 Å². The highest BCUT2D eigenvalue weighted by molar-refractivity contribution is 5.79. The number of anilines is 1. The molecule has 0 bridgehead atoms. The molecule has 2 aromatic rings. The summed E-state index contributed by atoms with van der Waals surface area (Å²) in [5.41, 5.74) is 2.59. The molecule has 1 aliphatic rings. The number of hydrogen-bond acceptors (Lipinski definition) is 6. The molecule has 1 saturated heterocycles. The van der Waals surface area contributed by atoms with Crippen molar-refractivity contribution in [1.29, 1.82) is 5.26 Å². The number of hydrogen-bond donors (Lipinski definition) is 1. The lowest BCUT2D eigenvalue weighted by atomic mass is 10.0. The smallest absolute Gasteiger partial charge is 0.224 e. The molecule has 2 heterocycles. The maximum absolute atomic E-state index is 12.7. The van der Waals surface area contributed by atoms with Crippen molar-refractivity contribution in [2.45, 2.75) is 38.3 Å². The van der Waals surface area contributed by atoms with Crippen molar-refractivity contribution in [2.24, 2.45) is 0 Å². The minimum atomic E-state index is -0.00937. The van der Waals surface area contributed by atoms with Gasteiger partial charge in [-0.3, -0.25) is 4.79 Å². The van der Waals surface area contributed by atoms with Crippen molar-refractivity contribution in [3.63, 3.8) is 0 Å². The van der Waals surface area contributed by atoms with Crippen molar-refractivity contribution >= 4 is 11.7 Å². The van der Waals surface area contributed by atoms with Gasteiger partial charge >= 0.3 is 0 Å². The molecule has 1 aromatic carbocycles. The first kappa shape index (κ1) is 20.7. The van der Waals surface area contributed by atoms with E-state index < -0.39 is 0 Å². The molecule has 7 nitrogen and oxygen atoms in total. The first-order chi connectivity index (χ1) is 13.9.